The summed E-state index contributed by atoms with van der Waals surface area (Å²) in [6.45, 7) is 7.95. The van der Waals surface area contributed by atoms with Gasteiger partial charge in [0.25, 0.3) is 0 Å². The number of hydrogen-bond acceptors (Lipinski definition) is 5. The molecule has 1 aromatic carbocycles. The highest BCUT2D eigenvalue weighted by Crippen LogP contribution is 2.22. The number of benzene rings is 1. The van der Waals surface area contributed by atoms with E-state index in [-0.39, 0.29) is 11.9 Å². The van der Waals surface area contributed by atoms with Gasteiger partial charge < -0.3 is 10.1 Å². The Hall–Kier alpha value is -2.90. The molecule has 8 nitrogen and oxygen atoms in total. The molecule has 2 heterocycles. The predicted octanol–water partition coefficient (Wildman–Crippen LogP) is 3.23. The van der Waals surface area contributed by atoms with E-state index in [1.165, 1.54) is 6.33 Å². The van der Waals surface area contributed by atoms with Crippen LogP contribution >= 0.6 is 0 Å². The predicted molar refractivity (Wildman–Crippen MR) is 108 cm³/mol. The molecule has 2 unspecified atom stereocenters. The molecule has 0 saturated carbocycles. The average Bonchev–Trinajstić information content (AvgIpc) is 3.21. The SMILES string of the molecule is CC(NC(=O)C1CCCCN1C(=O)OC(C)(C)C)c1ccc(-n2cncn2)cc1. The fourth-order valence-electron chi connectivity index (χ4n) is 3.39. The number of nitrogens with zero attached hydrogens (tertiary/aromatic N) is 4. The van der Waals surface area contributed by atoms with E-state index in [2.05, 4.69) is 15.4 Å². The van der Waals surface area contributed by atoms with Crippen molar-refractivity contribution < 1.29 is 14.3 Å². The van der Waals surface area contributed by atoms with Crippen LogP contribution in [-0.2, 0) is 9.53 Å². The monoisotopic (exact) mass is 399 g/mol. The van der Waals surface area contributed by atoms with Gasteiger partial charge in [0.2, 0.25) is 5.91 Å². The topological polar surface area (TPSA) is 89.4 Å². The third-order valence-electron chi connectivity index (χ3n) is 4.87. The molecule has 0 aliphatic carbocycles. The first-order chi connectivity index (χ1) is 13.7. The van der Waals surface area contributed by atoms with Gasteiger partial charge in [-0.2, -0.15) is 5.10 Å². The molecular formula is C21H29N5O3. The summed E-state index contributed by atoms with van der Waals surface area (Å²) in [5, 5.41) is 7.15. The van der Waals surface area contributed by atoms with Gasteiger partial charge in [0.05, 0.1) is 11.7 Å². The molecule has 3 rings (SSSR count). The molecule has 2 amide bonds. The van der Waals surface area contributed by atoms with Crippen molar-refractivity contribution in [2.24, 2.45) is 0 Å². The average molecular weight is 399 g/mol. The minimum atomic E-state index is -0.589. The number of likely N-dealkylation sites (tertiary alicyclic amines) is 1. The third kappa shape index (κ3) is 5.34. The maximum absolute atomic E-state index is 12.9. The quantitative estimate of drug-likeness (QED) is 0.853. The summed E-state index contributed by atoms with van der Waals surface area (Å²) in [6, 6.07) is 7.08. The van der Waals surface area contributed by atoms with Crippen molar-refractivity contribution in [1.82, 2.24) is 25.0 Å². The lowest BCUT2D eigenvalue weighted by Crippen LogP contribution is -2.53. The number of carbonyl (C=O) groups is 2. The van der Waals surface area contributed by atoms with Crippen LogP contribution in [0, 0.1) is 0 Å². The van der Waals surface area contributed by atoms with Gasteiger partial charge in [0, 0.05) is 6.54 Å². The van der Waals surface area contributed by atoms with Crippen LogP contribution in [0.15, 0.2) is 36.9 Å². The smallest absolute Gasteiger partial charge is 0.410 e. The Morgan fingerprint density at radius 3 is 2.55 bits per heavy atom. The van der Waals surface area contributed by atoms with E-state index >= 15 is 0 Å². The van der Waals surface area contributed by atoms with Gasteiger partial charge in [-0.3, -0.25) is 9.69 Å². The molecule has 8 heteroatoms. The lowest BCUT2D eigenvalue weighted by molar-refractivity contribution is -0.128. The summed E-state index contributed by atoms with van der Waals surface area (Å²) in [5.74, 6) is -0.150. The first-order valence-electron chi connectivity index (χ1n) is 9.99. The van der Waals surface area contributed by atoms with Gasteiger partial charge in [0.1, 0.15) is 24.3 Å². The Balaban J connectivity index is 1.65. The lowest BCUT2D eigenvalue weighted by Gasteiger charge is -2.36. The first-order valence-corrected chi connectivity index (χ1v) is 9.99. The van der Waals surface area contributed by atoms with Crippen molar-refractivity contribution in [3.63, 3.8) is 0 Å². The van der Waals surface area contributed by atoms with Crippen LogP contribution in [0.5, 0.6) is 0 Å². The maximum atomic E-state index is 12.9. The standard InChI is InChI=1S/C21H29N5O3/c1-15(16-8-10-17(11-9-16)26-14-22-13-23-26)24-19(27)18-7-5-6-12-25(18)20(28)29-21(2,3)4/h8-11,13-15,18H,5-7,12H2,1-4H3,(H,24,27). The number of carbonyl (C=O) groups excluding carboxylic acids is 2. The van der Waals surface area contributed by atoms with Gasteiger partial charge in [-0.25, -0.2) is 14.5 Å². The van der Waals surface area contributed by atoms with E-state index in [1.54, 1.807) is 15.9 Å². The summed E-state index contributed by atoms with van der Waals surface area (Å²) in [7, 11) is 0. The normalized spacial score (nSPS) is 18.2. The Labute approximate surface area is 171 Å². The summed E-state index contributed by atoms with van der Waals surface area (Å²) in [5.41, 5.74) is 1.28. The molecular weight excluding hydrogens is 370 g/mol. The lowest BCUT2D eigenvalue weighted by atomic mass is 10.0. The number of ether oxygens (including phenoxy) is 1. The molecule has 1 saturated heterocycles. The van der Waals surface area contributed by atoms with Crippen LogP contribution in [0.3, 0.4) is 0 Å². The number of rotatable bonds is 4. The van der Waals surface area contributed by atoms with Crippen molar-refractivity contribution >= 4 is 12.0 Å². The second kappa shape index (κ2) is 8.63. The van der Waals surface area contributed by atoms with Crippen LogP contribution in [0.4, 0.5) is 4.79 Å². The highest BCUT2D eigenvalue weighted by molar-refractivity contribution is 5.86. The Morgan fingerprint density at radius 2 is 1.93 bits per heavy atom. The molecule has 0 spiro atoms. The molecule has 1 fully saturated rings. The zero-order valence-electron chi connectivity index (χ0n) is 17.5. The second-order valence-corrected chi connectivity index (χ2v) is 8.35. The van der Waals surface area contributed by atoms with E-state index in [4.69, 9.17) is 4.74 Å². The van der Waals surface area contributed by atoms with Crippen LogP contribution in [0.1, 0.15) is 58.6 Å². The first kappa shape index (κ1) is 20.8. The Kier molecular flexibility index (Phi) is 6.20. The number of amides is 2. The van der Waals surface area contributed by atoms with Crippen molar-refractivity contribution in [2.75, 3.05) is 6.54 Å². The highest BCUT2D eigenvalue weighted by Gasteiger charge is 2.35. The molecule has 1 aliphatic rings. The van der Waals surface area contributed by atoms with E-state index in [1.807, 2.05) is 52.0 Å². The summed E-state index contributed by atoms with van der Waals surface area (Å²) in [4.78, 5) is 31.0. The van der Waals surface area contributed by atoms with Crippen molar-refractivity contribution in [1.29, 1.82) is 0 Å². The van der Waals surface area contributed by atoms with Crippen molar-refractivity contribution in [2.45, 2.75) is 64.6 Å². The highest BCUT2D eigenvalue weighted by atomic mass is 16.6. The van der Waals surface area contributed by atoms with E-state index < -0.39 is 17.7 Å². The zero-order valence-corrected chi connectivity index (χ0v) is 17.5. The van der Waals surface area contributed by atoms with Crippen molar-refractivity contribution in [3.05, 3.63) is 42.5 Å². The molecule has 1 aromatic heterocycles. The number of aromatic nitrogens is 3. The zero-order chi connectivity index (χ0) is 21.0. The number of nitrogens with one attached hydrogen (secondary N) is 1. The van der Waals surface area contributed by atoms with E-state index in [9.17, 15) is 9.59 Å². The summed E-state index contributed by atoms with van der Waals surface area (Å²) in [6.07, 6.45) is 5.12. The summed E-state index contributed by atoms with van der Waals surface area (Å²) >= 11 is 0. The second-order valence-electron chi connectivity index (χ2n) is 8.35. The van der Waals surface area contributed by atoms with Gasteiger partial charge >= 0.3 is 6.09 Å². The molecule has 1 aliphatic heterocycles. The Bertz CT molecular complexity index is 827. The van der Waals surface area contributed by atoms with Crippen LogP contribution < -0.4 is 5.32 Å². The minimum absolute atomic E-state index is 0.150. The fraction of sp³-hybridized carbons (Fsp3) is 0.524. The molecule has 2 aromatic rings. The maximum Gasteiger partial charge on any atom is 0.410 e. The molecule has 1 N–H and O–H groups in total. The molecule has 2 atom stereocenters. The van der Waals surface area contributed by atoms with Crippen LogP contribution in [-0.4, -0.2) is 49.9 Å². The molecule has 0 radical (unpaired) electrons. The van der Waals surface area contributed by atoms with E-state index in [0.717, 1.165) is 24.1 Å². The van der Waals surface area contributed by atoms with Crippen LogP contribution in [0.25, 0.3) is 5.69 Å². The number of hydrogen-bond donors (Lipinski definition) is 1. The Morgan fingerprint density at radius 1 is 1.21 bits per heavy atom. The minimum Gasteiger partial charge on any atom is -0.444 e. The third-order valence-corrected chi connectivity index (χ3v) is 4.87. The molecule has 156 valence electrons. The number of piperidine rings is 1. The van der Waals surface area contributed by atoms with Crippen molar-refractivity contribution in [3.8, 4) is 5.69 Å². The van der Waals surface area contributed by atoms with Gasteiger partial charge in [0.15, 0.2) is 0 Å². The summed E-state index contributed by atoms with van der Waals surface area (Å²) < 4.78 is 7.16. The molecule has 0 bridgehead atoms. The van der Waals surface area contributed by atoms with Crippen LogP contribution in [0.2, 0.25) is 0 Å². The fourth-order valence-corrected chi connectivity index (χ4v) is 3.39. The largest absolute Gasteiger partial charge is 0.444 e. The van der Waals surface area contributed by atoms with Gasteiger partial charge in [-0.15, -0.1) is 0 Å². The van der Waals surface area contributed by atoms with Gasteiger partial charge in [-0.05, 0) is 64.7 Å². The van der Waals surface area contributed by atoms with E-state index in [0.29, 0.717) is 13.0 Å². The molecule has 29 heavy (non-hydrogen) atoms. The van der Waals surface area contributed by atoms with Gasteiger partial charge in [-0.1, -0.05) is 12.1 Å².